The first-order valence-electron chi connectivity index (χ1n) is 8.83. The highest BCUT2D eigenvalue weighted by Crippen LogP contribution is 2.32. The van der Waals surface area contributed by atoms with Crippen LogP contribution in [0.4, 0.5) is 4.39 Å². The number of carbonyl (C=O) groups is 1. The number of aromatic nitrogens is 2. The zero-order chi connectivity index (χ0) is 18.4. The van der Waals surface area contributed by atoms with Crippen LogP contribution >= 0.6 is 0 Å². The highest BCUT2D eigenvalue weighted by Gasteiger charge is 2.18. The van der Waals surface area contributed by atoms with Crippen molar-refractivity contribution in [1.29, 1.82) is 0 Å². The van der Waals surface area contributed by atoms with E-state index in [4.69, 9.17) is 4.74 Å². The summed E-state index contributed by atoms with van der Waals surface area (Å²) in [6, 6.07) is 7.05. The summed E-state index contributed by atoms with van der Waals surface area (Å²) in [5.41, 5.74) is 0.777. The Balaban J connectivity index is 1.43. The van der Waals surface area contributed by atoms with E-state index in [0.717, 1.165) is 18.5 Å². The van der Waals surface area contributed by atoms with E-state index in [1.165, 1.54) is 41.7 Å². The number of ether oxygens (including phenoxy) is 1. The fraction of sp³-hybridized carbons (Fsp3) is 0.421. The molecule has 0 unspecified atom stereocenters. The number of amides is 1. The highest BCUT2D eigenvalue weighted by atomic mass is 19.1. The van der Waals surface area contributed by atoms with Gasteiger partial charge in [0.1, 0.15) is 11.6 Å². The van der Waals surface area contributed by atoms with Crippen LogP contribution in [0.15, 0.2) is 41.5 Å². The van der Waals surface area contributed by atoms with Gasteiger partial charge in [-0.2, -0.15) is 0 Å². The van der Waals surface area contributed by atoms with E-state index in [1.54, 1.807) is 12.4 Å². The fourth-order valence-corrected chi connectivity index (χ4v) is 3.10. The maximum Gasteiger partial charge on any atom is 0.258 e. The number of nitrogens with zero attached hydrogens (tertiary/aromatic N) is 2. The van der Waals surface area contributed by atoms with E-state index in [2.05, 4.69) is 10.3 Å². The second-order valence-corrected chi connectivity index (χ2v) is 6.42. The van der Waals surface area contributed by atoms with Crippen molar-refractivity contribution in [3.63, 3.8) is 0 Å². The minimum absolute atomic E-state index is 0.0984. The number of carbonyl (C=O) groups excluding carboxylic acids is 1. The van der Waals surface area contributed by atoms with Crippen molar-refractivity contribution in [2.75, 3.05) is 13.2 Å². The molecule has 1 aliphatic carbocycles. The van der Waals surface area contributed by atoms with E-state index in [0.29, 0.717) is 24.8 Å². The van der Waals surface area contributed by atoms with Crippen molar-refractivity contribution in [3.8, 4) is 5.75 Å². The Morgan fingerprint density at radius 2 is 2.00 bits per heavy atom. The third kappa shape index (κ3) is 4.91. The van der Waals surface area contributed by atoms with E-state index in [1.807, 2.05) is 0 Å². The molecule has 1 saturated carbocycles. The molecule has 0 saturated heterocycles. The molecule has 1 N–H and O–H groups in total. The molecular formula is C19H22FN3O3. The number of benzene rings is 1. The Bertz CT molecular complexity index is 798. The van der Waals surface area contributed by atoms with Crippen molar-refractivity contribution < 1.29 is 13.9 Å². The Labute approximate surface area is 151 Å². The van der Waals surface area contributed by atoms with Crippen molar-refractivity contribution in [2.45, 2.75) is 38.1 Å². The van der Waals surface area contributed by atoms with Gasteiger partial charge in [-0.15, -0.1) is 0 Å². The molecule has 1 aromatic carbocycles. The van der Waals surface area contributed by atoms with Gasteiger partial charge >= 0.3 is 0 Å². The molecule has 26 heavy (non-hydrogen) atoms. The lowest BCUT2D eigenvalue weighted by molar-refractivity contribution is -0.123. The zero-order valence-corrected chi connectivity index (χ0v) is 14.5. The summed E-state index contributed by atoms with van der Waals surface area (Å²) in [5, 5.41) is 2.68. The molecule has 1 aliphatic rings. The van der Waals surface area contributed by atoms with Crippen LogP contribution in [-0.4, -0.2) is 28.6 Å². The maximum atomic E-state index is 12.8. The topological polar surface area (TPSA) is 73.2 Å². The zero-order valence-electron chi connectivity index (χ0n) is 14.5. The predicted octanol–water partition coefficient (Wildman–Crippen LogP) is 2.24. The molecule has 2 aromatic rings. The number of halogens is 1. The lowest BCUT2D eigenvalue weighted by atomic mass is 10.0. The van der Waals surface area contributed by atoms with Gasteiger partial charge < -0.3 is 10.1 Å². The second kappa shape index (κ2) is 8.60. The predicted molar refractivity (Wildman–Crippen MR) is 94.6 cm³/mol. The molecule has 1 amide bonds. The summed E-state index contributed by atoms with van der Waals surface area (Å²) in [6.45, 7) is 0.481. The van der Waals surface area contributed by atoms with E-state index in [-0.39, 0.29) is 23.9 Å². The Morgan fingerprint density at radius 3 is 2.69 bits per heavy atom. The molecule has 7 heteroatoms. The molecule has 0 spiro atoms. The second-order valence-electron chi connectivity index (χ2n) is 6.42. The third-order valence-corrected chi connectivity index (χ3v) is 4.53. The van der Waals surface area contributed by atoms with Crippen LogP contribution in [0.25, 0.3) is 0 Å². The van der Waals surface area contributed by atoms with E-state index >= 15 is 0 Å². The first kappa shape index (κ1) is 18.1. The number of rotatable bonds is 7. The lowest BCUT2D eigenvalue weighted by Gasteiger charge is -2.11. The molecule has 1 fully saturated rings. The van der Waals surface area contributed by atoms with Gasteiger partial charge in [0.25, 0.3) is 11.5 Å². The molecule has 138 valence electrons. The van der Waals surface area contributed by atoms with Crippen LogP contribution in [0.1, 0.15) is 37.3 Å². The molecule has 0 aliphatic heterocycles. The smallest absolute Gasteiger partial charge is 0.258 e. The van der Waals surface area contributed by atoms with Crippen molar-refractivity contribution >= 4 is 5.91 Å². The molecule has 0 radical (unpaired) electrons. The van der Waals surface area contributed by atoms with Gasteiger partial charge in [0.05, 0.1) is 12.0 Å². The van der Waals surface area contributed by atoms with Gasteiger partial charge in [-0.05, 0) is 37.1 Å². The molecule has 1 aromatic heterocycles. The minimum Gasteiger partial charge on any atom is -0.484 e. The normalized spacial score (nSPS) is 14.3. The molecule has 3 rings (SSSR count). The van der Waals surface area contributed by atoms with Crippen molar-refractivity contribution in [1.82, 2.24) is 14.9 Å². The number of hydrogen-bond acceptors (Lipinski definition) is 4. The average molecular weight is 359 g/mol. The fourth-order valence-electron chi connectivity index (χ4n) is 3.10. The quantitative estimate of drug-likeness (QED) is 0.823. The summed E-state index contributed by atoms with van der Waals surface area (Å²) in [6.07, 6.45) is 6.14. The van der Waals surface area contributed by atoms with Crippen LogP contribution in [0.2, 0.25) is 0 Å². The average Bonchev–Trinajstić information content (AvgIpc) is 3.17. The molecule has 1 heterocycles. The van der Waals surface area contributed by atoms with Crippen molar-refractivity contribution in [3.05, 3.63) is 58.5 Å². The summed E-state index contributed by atoms with van der Waals surface area (Å²) in [4.78, 5) is 28.3. The Hall–Kier alpha value is -2.70. The van der Waals surface area contributed by atoms with Crippen LogP contribution in [0.5, 0.6) is 5.75 Å². The number of hydrogen-bond donors (Lipinski definition) is 1. The largest absolute Gasteiger partial charge is 0.484 e. The molecule has 0 bridgehead atoms. The summed E-state index contributed by atoms with van der Waals surface area (Å²) in [5.74, 6) is 0.155. The van der Waals surface area contributed by atoms with E-state index < -0.39 is 0 Å². The summed E-state index contributed by atoms with van der Waals surface area (Å²) < 4.78 is 19.5. The van der Waals surface area contributed by atoms with Crippen molar-refractivity contribution in [2.24, 2.45) is 0 Å². The van der Waals surface area contributed by atoms with Gasteiger partial charge in [0, 0.05) is 25.1 Å². The van der Waals surface area contributed by atoms with Gasteiger partial charge in [0.2, 0.25) is 0 Å². The Morgan fingerprint density at radius 1 is 1.27 bits per heavy atom. The first-order valence-corrected chi connectivity index (χ1v) is 8.83. The van der Waals surface area contributed by atoms with Crippen LogP contribution in [0.3, 0.4) is 0 Å². The molecular weight excluding hydrogens is 337 g/mol. The lowest BCUT2D eigenvalue weighted by Crippen LogP contribution is -2.33. The third-order valence-electron chi connectivity index (χ3n) is 4.53. The van der Waals surface area contributed by atoms with Crippen LogP contribution in [0, 0.1) is 5.82 Å². The van der Waals surface area contributed by atoms with E-state index in [9.17, 15) is 14.0 Å². The highest BCUT2D eigenvalue weighted by molar-refractivity contribution is 5.77. The first-order chi connectivity index (χ1) is 12.6. The number of nitrogens with one attached hydrogen (secondary N) is 1. The molecule has 6 nitrogen and oxygen atoms in total. The van der Waals surface area contributed by atoms with Gasteiger partial charge in [-0.1, -0.05) is 12.8 Å². The summed E-state index contributed by atoms with van der Waals surface area (Å²) in [7, 11) is 0. The van der Waals surface area contributed by atoms with Gasteiger partial charge in [-0.25, -0.2) is 9.37 Å². The van der Waals surface area contributed by atoms with Crippen LogP contribution in [-0.2, 0) is 11.3 Å². The minimum atomic E-state index is -0.361. The van der Waals surface area contributed by atoms with Crippen LogP contribution < -0.4 is 15.6 Å². The van der Waals surface area contributed by atoms with Gasteiger partial charge in [-0.3, -0.25) is 14.2 Å². The SMILES string of the molecule is O=C(COc1ccc(F)cc1)NCCn1cnc(C2CCCC2)cc1=O. The van der Waals surface area contributed by atoms with Gasteiger partial charge in [0.15, 0.2) is 6.61 Å². The molecule has 0 atom stereocenters. The Kier molecular flexibility index (Phi) is 5.99. The summed E-state index contributed by atoms with van der Waals surface area (Å²) >= 11 is 0. The monoisotopic (exact) mass is 359 g/mol. The maximum absolute atomic E-state index is 12.8. The standard InChI is InChI=1S/C19H22FN3O3/c20-15-5-7-16(8-6-15)26-12-18(24)21-9-10-23-13-22-17(11-19(23)25)14-3-1-2-4-14/h5-8,11,13-14H,1-4,9-10,12H2,(H,21,24).